The fourth-order valence-electron chi connectivity index (χ4n) is 5.52. The maximum Gasteiger partial charge on any atom is 0.295 e. The molecule has 1 aromatic carbocycles. The van der Waals surface area contributed by atoms with Gasteiger partial charge in [-0.05, 0) is 43.2 Å². The normalized spacial score (nSPS) is 19.4. The van der Waals surface area contributed by atoms with Gasteiger partial charge in [0.2, 0.25) is 5.75 Å². The predicted molar refractivity (Wildman–Crippen MR) is 147 cm³/mol. The van der Waals surface area contributed by atoms with Crippen LogP contribution < -0.4 is 14.2 Å². The van der Waals surface area contributed by atoms with Gasteiger partial charge in [-0.3, -0.25) is 18.9 Å². The minimum absolute atomic E-state index is 0.0207. The van der Waals surface area contributed by atoms with E-state index in [4.69, 9.17) is 18.9 Å². The van der Waals surface area contributed by atoms with Crippen molar-refractivity contribution in [3.05, 3.63) is 58.6 Å². The van der Waals surface area contributed by atoms with Gasteiger partial charge in [0.15, 0.2) is 17.3 Å². The zero-order valence-corrected chi connectivity index (χ0v) is 23.4. The molecule has 0 aliphatic carbocycles. The number of carbonyl (C=O) groups is 2. The highest BCUT2D eigenvalue weighted by atomic mass is 16.5. The van der Waals surface area contributed by atoms with E-state index in [1.54, 1.807) is 29.7 Å². The molecule has 0 spiro atoms. The molecule has 3 aromatic rings. The Bertz CT molecular complexity index is 1460. The topological polar surface area (TPSA) is 115 Å². The molecule has 11 heteroatoms. The third-order valence-corrected chi connectivity index (χ3v) is 7.55. The number of hydrogen-bond donors (Lipinski definition) is 1. The first-order valence-corrected chi connectivity index (χ1v) is 13.1. The number of fused-ring (bicyclic) bond motifs is 1. The van der Waals surface area contributed by atoms with Gasteiger partial charge in [0, 0.05) is 32.4 Å². The van der Waals surface area contributed by atoms with Gasteiger partial charge in [-0.2, -0.15) is 0 Å². The first-order valence-electron chi connectivity index (χ1n) is 13.1. The molecule has 2 saturated heterocycles. The number of ketones is 1. The maximum atomic E-state index is 13.7. The summed E-state index contributed by atoms with van der Waals surface area (Å²) in [4.78, 5) is 35.6. The SMILES string of the molecule is COc1cc([C@@H]2C(=C(O)c3c(C)nc4c(C)cccn34)C(=O)C(=O)N2CCN2CCOCC2)cc(OC)c1OC. The van der Waals surface area contributed by atoms with Crippen molar-refractivity contribution in [3.63, 3.8) is 0 Å². The number of rotatable bonds is 8. The number of Topliss-reactive ketones (excluding diaryl/α,β-unsaturated/α-hetero) is 1. The Morgan fingerprint density at radius 2 is 1.73 bits per heavy atom. The fourth-order valence-corrected chi connectivity index (χ4v) is 5.52. The van der Waals surface area contributed by atoms with Gasteiger partial charge >= 0.3 is 0 Å². The molecule has 1 amide bonds. The molecule has 0 bridgehead atoms. The molecule has 2 aliphatic rings. The third kappa shape index (κ3) is 4.65. The molecule has 1 N–H and O–H groups in total. The van der Waals surface area contributed by atoms with Gasteiger partial charge in [-0.25, -0.2) is 4.98 Å². The van der Waals surface area contributed by atoms with E-state index < -0.39 is 17.7 Å². The summed E-state index contributed by atoms with van der Waals surface area (Å²) in [6.07, 6.45) is 1.78. The summed E-state index contributed by atoms with van der Waals surface area (Å²) in [7, 11) is 4.51. The van der Waals surface area contributed by atoms with Crippen LogP contribution in [-0.4, -0.2) is 96.7 Å². The van der Waals surface area contributed by atoms with Gasteiger partial charge in [0.25, 0.3) is 11.7 Å². The van der Waals surface area contributed by atoms with Crippen LogP contribution in [0.4, 0.5) is 0 Å². The Morgan fingerprint density at radius 1 is 1.05 bits per heavy atom. The van der Waals surface area contributed by atoms with Crippen LogP contribution in [0, 0.1) is 13.8 Å². The van der Waals surface area contributed by atoms with Crippen molar-refractivity contribution in [1.82, 2.24) is 19.2 Å². The molecule has 212 valence electrons. The Kier molecular flexibility index (Phi) is 7.68. The molecule has 0 unspecified atom stereocenters. The molecular formula is C29H34N4O7. The Balaban J connectivity index is 1.69. The monoisotopic (exact) mass is 550 g/mol. The van der Waals surface area contributed by atoms with Gasteiger partial charge in [-0.1, -0.05) is 6.07 Å². The molecule has 5 rings (SSSR count). The molecule has 2 aliphatic heterocycles. The van der Waals surface area contributed by atoms with Crippen molar-refractivity contribution in [3.8, 4) is 17.2 Å². The molecule has 4 heterocycles. The van der Waals surface area contributed by atoms with Crippen LogP contribution in [0.2, 0.25) is 0 Å². The Hall–Kier alpha value is -4.09. The number of aliphatic hydroxyl groups excluding tert-OH is 1. The molecule has 1 atom stereocenters. The zero-order valence-electron chi connectivity index (χ0n) is 23.4. The summed E-state index contributed by atoms with van der Waals surface area (Å²) in [5, 5.41) is 11.8. The number of aryl methyl sites for hydroxylation is 2. The summed E-state index contributed by atoms with van der Waals surface area (Å²) in [6, 6.07) is 6.28. The quantitative estimate of drug-likeness (QED) is 0.257. The summed E-state index contributed by atoms with van der Waals surface area (Å²) in [6.45, 7) is 7.21. The van der Waals surface area contributed by atoms with Crippen LogP contribution >= 0.6 is 0 Å². The maximum absolute atomic E-state index is 13.7. The van der Waals surface area contributed by atoms with E-state index in [2.05, 4.69) is 9.88 Å². The van der Waals surface area contributed by atoms with Gasteiger partial charge < -0.3 is 29.0 Å². The van der Waals surface area contributed by atoms with E-state index in [1.165, 1.54) is 26.2 Å². The lowest BCUT2D eigenvalue weighted by molar-refractivity contribution is -0.140. The minimum atomic E-state index is -0.899. The molecule has 2 fully saturated rings. The number of benzene rings is 1. The second kappa shape index (κ2) is 11.2. The van der Waals surface area contributed by atoms with E-state index in [9.17, 15) is 14.7 Å². The highest BCUT2D eigenvalue weighted by molar-refractivity contribution is 6.46. The van der Waals surface area contributed by atoms with Crippen molar-refractivity contribution >= 4 is 23.1 Å². The van der Waals surface area contributed by atoms with Crippen LogP contribution in [-0.2, 0) is 14.3 Å². The van der Waals surface area contributed by atoms with Crippen molar-refractivity contribution < 1.29 is 33.6 Å². The number of carbonyl (C=O) groups excluding carboxylic acids is 2. The highest BCUT2D eigenvalue weighted by Gasteiger charge is 2.47. The van der Waals surface area contributed by atoms with E-state index in [-0.39, 0.29) is 17.9 Å². The number of imidazole rings is 1. The Labute approximate surface area is 232 Å². The van der Waals surface area contributed by atoms with Gasteiger partial charge in [0.1, 0.15) is 11.3 Å². The number of likely N-dealkylation sites (tertiary alicyclic amines) is 1. The second-order valence-corrected chi connectivity index (χ2v) is 9.84. The zero-order chi connectivity index (χ0) is 28.6. The smallest absolute Gasteiger partial charge is 0.295 e. The molecule has 0 radical (unpaired) electrons. The number of ether oxygens (including phenoxy) is 4. The number of pyridine rings is 1. The number of nitrogens with zero attached hydrogens (tertiary/aromatic N) is 4. The lowest BCUT2D eigenvalue weighted by atomic mass is 9.95. The van der Waals surface area contributed by atoms with Crippen molar-refractivity contribution in [1.29, 1.82) is 0 Å². The molecule has 0 saturated carbocycles. The molecular weight excluding hydrogens is 516 g/mol. The number of amides is 1. The first kappa shape index (κ1) is 27.5. The van der Waals surface area contributed by atoms with Crippen LogP contribution in [0.15, 0.2) is 36.0 Å². The van der Waals surface area contributed by atoms with Crippen molar-refractivity contribution in [2.24, 2.45) is 0 Å². The number of morpholine rings is 1. The Morgan fingerprint density at radius 3 is 2.35 bits per heavy atom. The number of aliphatic hydroxyl groups is 1. The summed E-state index contributed by atoms with van der Waals surface area (Å²) >= 11 is 0. The average molecular weight is 551 g/mol. The molecule has 40 heavy (non-hydrogen) atoms. The lowest BCUT2D eigenvalue weighted by Gasteiger charge is -2.31. The summed E-state index contributed by atoms with van der Waals surface area (Å²) < 4.78 is 23.8. The minimum Gasteiger partial charge on any atom is -0.505 e. The first-order chi connectivity index (χ1) is 19.3. The average Bonchev–Trinajstić information content (AvgIpc) is 3.44. The largest absolute Gasteiger partial charge is 0.505 e. The van der Waals surface area contributed by atoms with Crippen molar-refractivity contribution in [2.75, 3.05) is 60.7 Å². The number of aromatic nitrogens is 2. The van der Waals surface area contributed by atoms with E-state index in [0.29, 0.717) is 59.6 Å². The summed E-state index contributed by atoms with van der Waals surface area (Å²) in [5.74, 6) is -0.611. The third-order valence-electron chi connectivity index (χ3n) is 7.55. The van der Waals surface area contributed by atoms with Crippen LogP contribution in [0.25, 0.3) is 11.4 Å². The van der Waals surface area contributed by atoms with Gasteiger partial charge in [0.05, 0.1) is 51.9 Å². The fraction of sp³-hybridized carbons (Fsp3) is 0.414. The number of hydrogen-bond acceptors (Lipinski definition) is 9. The van der Waals surface area contributed by atoms with Gasteiger partial charge in [-0.15, -0.1) is 0 Å². The highest BCUT2D eigenvalue weighted by Crippen LogP contribution is 2.46. The summed E-state index contributed by atoms with van der Waals surface area (Å²) in [5.41, 5.74) is 2.99. The van der Waals surface area contributed by atoms with Crippen molar-refractivity contribution in [2.45, 2.75) is 19.9 Å². The van der Waals surface area contributed by atoms with Crippen LogP contribution in [0.5, 0.6) is 17.2 Å². The lowest BCUT2D eigenvalue weighted by Crippen LogP contribution is -2.42. The van der Waals surface area contributed by atoms with E-state index >= 15 is 0 Å². The standard InChI is InChI=1S/C29H34N4O7/c1-17-7-6-8-32-23(18(2)30-28(17)32)25(34)22-24(19-15-20(37-3)27(39-5)21(16-19)38-4)33(29(36)26(22)35)10-9-31-11-13-40-14-12-31/h6-8,15-16,24,34H,9-14H2,1-5H3/t24-/m1/s1. The van der Waals surface area contributed by atoms with E-state index in [1.807, 2.05) is 19.1 Å². The number of methoxy groups -OCH3 is 3. The van der Waals surface area contributed by atoms with Crippen LogP contribution in [0.1, 0.15) is 28.6 Å². The van der Waals surface area contributed by atoms with E-state index in [0.717, 1.165) is 18.7 Å². The molecule has 11 nitrogen and oxygen atoms in total. The molecule has 2 aromatic heterocycles. The second-order valence-electron chi connectivity index (χ2n) is 9.84. The predicted octanol–water partition coefficient (Wildman–Crippen LogP) is 2.73. The van der Waals surface area contributed by atoms with Crippen LogP contribution in [0.3, 0.4) is 0 Å².